The summed E-state index contributed by atoms with van der Waals surface area (Å²) in [7, 11) is 3.95. The lowest BCUT2D eigenvalue weighted by Gasteiger charge is -2.16. The van der Waals surface area contributed by atoms with Crippen molar-refractivity contribution < 1.29 is 0 Å². The lowest BCUT2D eigenvalue weighted by Crippen LogP contribution is -2.25. The highest BCUT2D eigenvalue weighted by molar-refractivity contribution is 5.16. The van der Waals surface area contributed by atoms with Gasteiger partial charge in [-0.05, 0) is 31.6 Å². The third-order valence-corrected chi connectivity index (χ3v) is 2.10. The second kappa shape index (κ2) is 6.06. The molecule has 4 nitrogen and oxygen atoms in total. The zero-order chi connectivity index (χ0) is 11.1. The second-order valence-electron chi connectivity index (χ2n) is 3.81. The molecular weight excluding hydrogens is 188 g/mol. The summed E-state index contributed by atoms with van der Waals surface area (Å²) in [6.45, 7) is 0.777. The summed E-state index contributed by atoms with van der Waals surface area (Å²) in [4.78, 5) is 4.91. The molecule has 1 aromatic rings. The fraction of sp³-hybridized carbons (Fsp3) is 0.455. The predicted molar refractivity (Wildman–Crippen MR) is 61.6 cm³/mol. The maximum atomic E-state index is 8.47. The number of rotatable bonds is 5. The van der Waals surface area contributed by atoms with Gasteiger partial charge >= 0.3 is 0 Å². The Bertz CT molecular complexity index is 328. The Morgan fingerprint density at radius 2 is 2.00 bits per heavy atom. The third kappa shape index (κ3) is 4.49. The van der Waals surface area contributed by atoms with Crippen LogP contribution in [0.1, 0.15) is 5.56 Å². The summed E-state index contributed by atoms with van der Waals surface area (Å²) >= 11 is 0. The van der Waals surface area contributed by atoms with E-state index in [0.29, 0.717) is 0 Å². The van der Waals surface area contributed by atoms with E-state index in [4.69, 9.17) is 5.53 Å². The fourth-order valence-corrected chi connectivity index (χ4v) is 1.52. The van der Waals surface area contributed by atoms with E-state index < -0.39 is 0 Å². The molecule has 0 spiro atoms. The average Bonchev–Trinajstić information content (AvgIpc) is 2.18. The van der Waals surface area contributed by atoms with Crippen LogP contribution >= 0.6 is 0 Å². The van der Waals surface area contributed by atoms with Gasteiger partial charge in [-0.2, -0.15) is 0 Å². The lowest BCUT2D eigenvalue weighted by molar-refractivity contribution is 0.371. The van der Waals surface area contributed by atoms with E-state index in [-0.39, 0.29) is 6.04 Å². The van der Waals surface area contributed by atoms with Crippen LogP contribution in [0.4, 0.5) is 0 Å². The maximum Gasteiger partial charge on any atom is 0.0541 e. The molecule has 0 radical (unpaired) electrons. The molecule has 0 aromatic heterocycles. The average molecular weight is 204 g/mol. The Balaban J connectivity index is 2.62. The van der Waals surface area contributed by atoms with Crippen molar-refractivity contribution in [2.45, 2.75) is 12.5 Å². The normalized spacial score (nSPS) is 12.2. The minimum absolute atomic E-state index is 0.00685. The van der Waals surface area contributed by atoms with Crippen LogP contribution in [0.3, 0.4) is 0 Å². The molecule has 0 N–H and O–H groups in total. The Kier molecular flexibility index (Phi) is 4.68. The number of hydrogen-bond acceptors (Lipinski definition) is 2. The number of hydrogen-bond donors (Lipinski definition) is 0. The molecule has 0 heterocycles. The number of likely N-dealkylation sites (N-methyl/N-ethyl adjacent to an activating group) is 1. The molecule has 0 amide bonds. The quantitative estimate of drug-likeness (QED) is 0.413. The standard InChI is InChI=1S/C11H16N4/c1-15(2)9-11(13-14-12)8-10-6-4-3-5-7-10/h3-7,11H,8-9H2,1-2H3/t11-/m0/s1. The Morgan fingerprint density at radius 1 is 1.33 bits per heavy atom. The van der Waals surface area contributed by atoms with Gasteiger partial charge < -0.3 is 4.90 Å². The smallest absolute Gasteiger partial charge is 0.0541 e. The monoisotopic (exact) mass is 204 g/mol. The van der Waals surface area contributed by atoms with E-state index in [0.717, 1.165) is 13.0 Å². The Labute approximate surface area is 90.1 Å². The summed E-state index contributed by atoms with van der Waals surface area (Å²) in [5.41, 5.74) is 9.67. The first-order valence-corrected chi connectivity index (χ1v) is 4.95. The maximum absolute atomic E-state index is 8.47. The molecule has 0 saturated carbocycles. The minimum Gasteiger partial charge on any atom is -0.309 e. The third-order valence-electron chi connectivity index (χ3n) is 2.10. The van der Waals surface area contributed by atoms with Crippen LogP contribution in [0, 0.1) is 0 Å². The van der Waals surface area contributed by atoms with E-state index in [9.17, 15) is 0 Å². The molecule has 0 unspecified atom stereocenters. The van der Waals surface area contributed by atoms with Crippen molar-refractivity contribution >= 4 is 0 Å². The van der Waals surface area contributed by atoms with E-state index >= 15 is 0 Å². The fourth-order valence-electron chi connectivity index (χ4n) is 1.52. The molecule has 0 saturated heterocycles. The van der Waals surface area contributed by atoms with Gasteiger partial charge in [-0.25, -0.2) is 0 Å². The summed E-state index contributed by atoms with van der Waals surface area (Å²) < 4.78 is 0. The highest BCUT2D eigenvalue weighted by atomic mass is 15.2. The highest BCUT2D eigenvalue weighted by Gasteiger charge is 2.08. The zero-order valence-electron chi connectivity index (χ0n) is 9.17. The molecular formula is C11H16N4. The minimum atomic E-state index is 0.00685. The highest BCUT2D eigenvalue weighted by Crippen LogP contribution is 2.06. The van der Waals surface area contributed by atoms with Crippen molar-refractivity contribution in [1.82, 2.24) is 4.90 Å². The second-order valence-corrected chi connectivity index (χ2v) is 3.81. The molecule has 1 atom stereocenters. The van der Waals surface area contributed by atoms with Crippen molar-refractivity contribution in [3.05, 3.63) is 46.3 Å². The topological polar surface area (TPSA) is 52.0 Å². The van der Waals surface area contributed by atoms with Gasteiger partial charge in [0, 0.05) is 11.5 Å². The van der Waals surface area contributed by atoms with Gasteiger partial charge in [-0.15, -0.1) is 0 Å². The molecule has 0 aliphatic rings. The molecule has 0 bridgehead atoms. The van der Waals surface area contributed by atoms with Gasteiger partial charge in [0.2, 0.25) is 0 Å². The molecule has 4 heteroatoms. The molecule has 0 aliphatic heterocycles. The van der Waals surface area contributed by atoms with E-state index in [2.05, 4.69) is 22.2 Å². The van der Waals surface area contributed by atoms with Crippen LogP contribution in [0.15, 0.2) is 35.4 Å². The van der Waals surface area contributed by atoms with Gasteiger partial charge in [-0.3, -0.25) is 0 Å². The van der Waals surface area contributed by atoms with Crippen LogP contribution in [-0.2, 0) is 6.42 Å². The molecule has 80 valence electrons. The van der Waals surface area contributed by atoms with Gasteiger partial charge in [0.15, 0.2) is 0 Å². The summed E-state index contributed by atoms with van der Waals surface area (Å²) in [6.07, 6.45) is 0.795. The van der Waals surface area contributed by atoms with Crippen LogP contribution in [-0.4, -0.2) is 31.6 Å². The summed E-state index contributed by atoms with van der Waals surface area (Å²) in [5.74, 6) is 0. The lowest BCUT2D eigenvalue weighted by atomic mass is 10.1. The van der Waals surface area contributed by atoms with Gasteiger partial charge in [0.25, 0.3) is 0 Å². The first kappa shape index (κ1) is 11.6. The number of benzene rings is 1. The van der Waals surface area contributed by atoms with E-state index in [1.54, 1.807) is 0 Å². The Morgan fingerprint density at radius 3 is 2.53 bits per heavy atom. The largest absolute Gasteiger partial charge is 0.309 e. The van der Waals surface area contributed by atoms with Crippen LogP contribution in [0.2, 0.25) is 0 Å². The number of azide groups is 1. The van der Waals surface area contributed by atoms with Crippen molar-refractivity contribution in [3.8, 4) is 0 Å². The molecule has 0 aliphatic carbocycles. The van der Waals surface area contributed by atoms with E-state index in [1.165, 1.54) is 5.56 Å². The van der Waals surface area contributed by atoms with Crippen molar-refractivity contribution in [1.29, 1.82) is 0 Å². The van der Waals surface area contributed by atoms with Crippen LogP contribution in [0.25, 0.3) is 10.4 Å². The van der Waals surface area contributed by atoms with Gasteiger partial charge in [0.05, 0.1) is 6.04 Å². The number of nitrogens with zero attached hydrogens (tertiary/aromatic N) is 4. The SMILES string of the molecule is CN(C)C[C@H](Cc1ccccc1)N=[N+]=[N-]. The molecule has 0 fully saturated rings. The predicted octanol–water partition coefficient (Wildman–Crippen LogP) is 2.47. The molecule has 1 rings (SSSR count). The van der Waals surface area contributed by atoms with Crippen molar-refractivity contribution in [2.24, 2.45) is 5.11 Å². The van der Waals surface area contributed by atoms with Crippen LogP contribution < -0.4 is 0 Å². The van der Waals surface area contributed by atoms with Crippen LogP contribution in [0.5, 0.6) is 0 Å². The van der Waals surface area contributed by atoms with Gasteiger partial charge in [-0.1, -0.05) is 35.4 Å². The summed E-state index contributed by atoms with van der Waals surface area (Å²) in [6, 6.07) is 10.1. The Hall–Kier alpha value is -1.51. The van der Waals surface area contributed by atoms with E-state index in [1.807, 2.05) is 37.2 Å². The molecule has 15 heavy (non-hydrogen) atoms. The van der Waals surface area contributed by atoms with Crippen molar-refractivity contribution in [2.75, 3.05) is 20.6 Å². The summed E-state index contributed by atoms with van der Waals surface area (Å²) in [5, 5.41) is 3.80. The van der Waals surface area contributed by atoms with Crippen molar-refractivity contribution in [3.63, 3.8) is 0 Å². The van der Waals surface area contributed by atoms with Gasteiger partial charge in [0.1, 0.15) is 0 Å². The zero-order valence-corrected chi connectivity index (χ0v) is 9.17. The molecule has 1 aromatic carbocycles. The first-order chi connectivity index (χ1) is 7.22. The first-order valence-electron chi connectivity index (χ1n) is 4.95.